The number of carbonyl (C=O) groups excluding carboxylic acids is 1. The van der Waals surface area contributed by atoms with Crippen molar-refractivity contribution in [3.63, 3.8) is 0 Å². The first-order valence-electron chi connectivity index (χ1n) is 9.15. The van der Waals surface area contributed by atoms with Crippen LogP contribution in [0.5, 0.6) is 5.75 Å². The van der Waals surface area contributed by atoms with E-state index in [2.05, 4.69) is 20.9 Å². The molecule has 0 N–H and O–H groups in total. The number of hydrogen-bond acceptors (Lipinski definition) is 5. The van der Waals surface area contributed by atoms with Crippen LogP contribution in [0.25, 0.3) is 10.2 Å². The lowest BCUT2D eigenvalue weighted by atomic mass is 10.2. The number of amides is 1. The summed E-state index contributed by atoms with van der Waals surface area (Å²) in [5.41, 5.74) is 2.15. The van der Waals surface area contributed by atoms with E-state index in [9.17, 15) is 4.79 Å². The summed E-state index contributed by atoms with van der Waals surface area (Å²) in [5, 5.41) is 0.616. The van der Waals surface area contributed by atoms with E-state index >= 15 is 0 Å². The lowest BCUT2D eigenvalue weighted by molar-refractivity contribution is 0.0985. The monoisotopic (exact) mass is 467 g/mol. The molecule has 4 aromatic rings. The summed E-state index contributed by atoms with van der Waals surface area (Å²) < 4.78 is 7.61. The fourth-order valence-corrected chi connectivity index (χ4v) is 4.17. The van der Waals surface area contributed by atoms with Gasteiger partial charge in [-0.3, -0.25) is 14.7 Å². The molecule has 0 spiro atoms. The normalized spacial score (nSPS) is 10.8. The molecule has 2 aromatic heterocycles. The van der Waals surface area contributed by atoms with Crippen LogP contribution in [0.2, 0.25) is 0 Å². The smallest absolute Gasteiger partial charge is 0.260 e. The van der Waals surface area contributed by atoms with Gasteiger partial charge in [-0.1, -0.05) is 39.4 Å². The number of nitrogens with zero attached hydrogens (tertiary/aromatic N) is 3. The van der Waals surface area contributed by atoms with Gasteiger partial charge in [0, 0.05) is 16.2 Å². The van der Waals surface area contributed by atoms with Gasteiger partial charge in [-0.25, -0.2) is 4.98 Å². The lowest BCUT2D eigenvalue weighted by Crippen LogP contribution is -2.30. The van der Waals surface area contributed by atoms with Gasteiger partial charge in [-0.05, 0) is 55.5 Å². The van der Waals surface area contributed by atoms with Crippen LogP contribution in [0.3, 0.4) is 0 Å². The van der Waals surface area contributed by atoms with Crippen LogP contribution < -0.4 is 9.64 Å². The molecule has 29 heavy (non-hydrogen) atoms. The van der Waals surface area contributed by atoms with Gasteiger partial charge in [0.15, 0.2) is 5.13 Å². The third-order valence-corrected chi connectivity index (χ3v) is 5.86. The molecule has 146 valence electrons. The van der Waals surface area contributed by atoms with Crippen molar-refractivity contribution in [3.05, 3.63) is 82.6 Å². The summed E-state index contributed by atoms with van der Waals surface area (Å²) in [6, 6.07) is 18.8. The molecule has 2 heterocycles. The van der Waals surface area contributed by atoms with Crippen molar-refractivity contribution < 1.29 is 9.53 Å². The molecule has 0 saturated carbocycles. The van der Waals surface area contributed by atoms with Gasteiger partial charge in [-0.15, -0.1) is 0 Å². The number of aromatic nitrogens is 2. The van der Waals surface area contributed by atoms with E-state index in [0.29, 0.717) is 23.8 Å². The molecule has 0 radical (unpaired) electrons. The Morgan fingerprint density at radius 1 is 1.10 bits per heavy atom. The summed E-state index contributed by atoms with van der Waals surface area (Å²) in [7, 11) is 0. The molecule has 0 aliphatic heterocycles. The van der Waals surface area contributed by atoms with Gasteiger partial charge in [0.2, 0.25) is 0 Å². The third-order valence-electron chi connectivity index (χ3n) is 4.28. The Kier molecular flexibility index (Phi) is 5.87. The zero-order valence-electron chi connectivity index (χ0n) is 15.7. The van der Waals surface area contributed by atoms with Crippen molar-refractivity contribution in [2.45, 2.75) is 13.5 Å². The van der Waals surface area contributed by atoms with Gasteiger partial charge >= 0.3 is 0 Å². The summed E-state index contributed by atoms with van der Waals surface area (Å²) >= 11 is 4.88. The fraction of sp³-hybridized carbons (Fsp3) is 0.136. The number of benzene rings is 2. The number of thiazole rings is 1. The van der Waals surface area contributed by atoms with Crippen molar-refractivity contribution in [1.29, 1.82) is 0 Å². The van der Waals surface area contributed by atoms with Crippen LogP contribution in [-0.4, -0.2) is 22.5 Å². The predicted octanol–water partition coefficient (Wildman–Crippen LogP) is 5.70. The van der Waals surface area contributed by atoms with E-state index in [0.717, 1.165) is 26.1 Å². The topological polar surface area (TPSA) is 55.3 Å². The second-order valence-corrected chi connectivity index (χ2v) is 8.18. The number of carbonyl (C=O) groups is 1. The van der Waals surface area contributed by atoms with E-state index in [4.69, 9.17) is 9.72 Å². The van der Waals surface area contributed by atoms with Gasteiger partial charge in [0.1, 0.15) is 11.3 Å². The number of fused-ring (bicyclic) bond motifs is 1. The Hall–Kier alpha value is -2.77. The maximum atomic E-state index is 13.4. The van der Waals surface area contributed by atoms with E-state index < -0.39 is 0 Å². The minimum atomic E-state index is -0.125. The highest BCUT2D eigenvalue weighted by Crippen LogP contribution is 2.35. The maximum absolute atomic E-state index is 13.4. The highest BCUT2D eigenvalue weighted by atomic mass is 79.9. The highest BCUT2D eigenvalue weighted by Gasteiger charge is 2.23. The first-order valence-corrected chi connectivity index (χ1v) is 10.8. The number of halogens is 1. The van der Waals surface area contributed by atoms with Crippen LogP contribution in [0.15, 0.2) is 71.3 Å². The first kappa shape index (κ1) is 19.5. The largest absolute Gasteiger partial charge is 0.492 e. The van der Waals surface area contributed by atoms with Crippen LogP contribution in [0.4, 0.5) is 5.13 Å². The van der Waals surface area contributed by atoms with Crippen molar-refractivity contribution in [2.75, 3.05) is 11.5 Å². The molecule has 5 nitrogen and oxygen atoms in total. The van der Waals surface area contributed by atoms with E-state index in [1.807, 2.05) is 55.5 Å². The SMILES string of the molecule is CCOc1cccc2sc(N(Cc3ccccn3)C(=O)c3ccc(Br)cc3)nc12. The molecule has 0 fully saturated rings. The maximum Gasteiger partial charge on any atom is 0.260 e. The number of pyridine rings is 1. The molecular weight excluding hydrogens is 450 g/mol. The van der Waals surface area contributed by atoms with Crippen molar-refractivity contribution >= 4 is 48.5 Å². The summed E-state index contributed by atoms with van der Waals surface area (Å²) in [4.78, 5) is 24.2. The predicted molar refractivity (Wildman–Crippen MR) is 120 cm³/mol. The quantitative estimate of drug-likeness (QED) is 0.364. The minimum Gasteiger partial charge on any atom is -0.492 e. The van der Waals surface area contributed by atoms with E-state index in [1.165, 1.54) is 11.3 Å². The van der Waals surface area contributed by atoms with Crippen LogP contribution in [0, 0.1) is 0 Å². The Bertz CT molecular complexity index is 1130. The molecule has 7 heteroatoms. The molecule has 2 aromatic carbocycles. The first-order chi connectivity index (χ1) is 14.2. The molecule has 0 saturated heterocycles. The Morgan fingerprint density at radius 2 is 1.93 bits per heavy atom. The number of hydrogen-bond donors (Lipinski definition) is 0. The van der Waals surface area contributed by atoms with Gasteiger partial charge in [-0.2, -0.15) is 0 Å². The van der Waals surface area contributed by atoms with Crippen molar-refractivity contribution in [2.24, 2.45) is 0 Å². The Balaban J connectivity index is 1.77. The summed E-state index contributed by atoms with van der Waals surface area (Å²) in [5.74, 6) is 0.599. The zero-order chi connectivity index (χ0) is 20.2. The third kappa shape index (κ3) is 4.31. The lowest BCUT2D eigenvalue weighted by Gasteiger charge is -2.19. The second-order valence-electron chi connectivity index (χ2n) is 6.25. The Morgan fingerprint density at radius 3 is 2.66 bits per heavy atom. The van der Waals surface area contributed by atoms with Crippen molar-refractivity contribution in [3.8, 4) is 5.75 Å². The van der Waals surface area contributed by atoms with Crippen molar-refractivity contribution in [1.82, 2.24) is 9.97 Å². The molecule has 0 bridgehead atoms. The van der Waals surface area contributed by atoms with Crippen LogP contribution in [0.1, 0.15) is 23.0 Å². The number of ether oxygens (including phenoxy) is 1. The average Bonchev–Trinajstić information content (AvgIpc) is 3.18. The standard InChI is InChI=1S/C22H18BrN3O2S/c1-2-28-18-7-5-8-19-20(18)25-22(29-19)26(14-17-6-3-4-13-24-17)21(27)15-9-11-16(23)12-10-15/h3-13H,2,14H2,1H3. The van der Waals surface area contributed by atoms with Gasteiger partial charge in [0.25, 0.3) is 5.91 Å². The van der Waals surface area contributed by atoms with E-state index in [-0.39, 0.29) is 5.91 Å². The fourth-order valence-electron chi connectivity index (χ4n) is 2.93. The van der Waals surface area contributed by atoms with Crippen LogP contribution >= 0.6 is 27.3 Å². The molecular formula is C22H18BrN3O2S. The molecule has 0 unspecified atom stereocenters. The average molecular weight is 468 g/mol. The van der Waals surface area contributed by atoms with Gasteiger partial charge in [0.05, 0.1) is 23.5 Å². The van der Waals surface area contributed by atoms with Gasteiger partial charge < -0.3 is 4.74 Å². The highest BCUT2D eigenvalue weighted by molar-refractivity contribution is 9.10. The van der Waals surface area contributed by atoms with Crippen LogP contribution in [-0.2, 0) is 6.54 Å². The molecule has 4 rings (SSSR count). The second kappa shape index (κ2) is 8.71. The summed E-state index contributed by atoms with van der Waals surface area (Å²) in [6.07, 6.45) is 1.73. The zero-order valence-corrected chi connectivity index (χ0v) is 18.1. The molecule has 1 amide bonds. The number of anilines is 1. The number of para-hydroxylation sites is 1. The molecule has 0 aliphatic carbocycles. The summed E-state index contributed by atoms with van der Waals surface area (Å²) in [6.45, 7) is 2.83. The van der Waals surface area contributed by atoms with E-state index in [1.54, 1.807) is 23.2 Å². The Labute approximate surface area is 181 Å². The number of rotatable bonds is 6. The molecule has 0 aliphatic rings. The molecule has 0 atom stereocenters. The minimum absolute atomic E-state index is 0.125.